The first-order valence-corrected chi connectivity index (χ1v) is 9.43. The maximum atomic E-state index is 12.2. The maximum absolute atomic E-state index is 12.2. The van der Waals surface area contributed by atoms with Gasteiger partial charge in [-0.1, -0.05) is 48.0 Å². The topological polar surface area (TPSA) is 58.6 Å². The van der Waals surface area contributed by atoms with Gasteiger partial charge in [-0.2, -0.15) is 0 Å². The lowest BCUT2D eigenvalue weighted by Gasteiger charge is -2.24. The monoisotopic (exact) mass is 344 g/mol. The summed E-state index contributed by atoms with van der Waals surface area (Å²) in [7, 11) is -1.88. The average molecular weight is 344 g/mol. The van der Waals surface area contributed by atoms with Crippen LogP contribution in [0.2, 0.25) is 0 Å². The summed E-state index contributed by atoms with van der Waals surface area (Å²) in [6.45, 7) is 2.01. The fourth-order valence-corrected chi connectivity index (χ4v) is 3.61. The molecule has 2 aromatic carbocycles. The van der Waals surface area contributed by atoms with E-state index in [2.05, 4.69) is 5.43 Å². The van der Waals surface area contributed by atoms with Crippen LogP contribution in [-0.4, -0.2) is 26.2 Å². The van der Waals surface area contributed by atoms with Crippen molar-refractivity contribution in [3.05, 3.63) is 71.3 Å². The molecule has 1 atom stereocenters. The normalized spacial score (nSPS) is 18.1. The van der Waals surface area contributed by atoms with Crippen LogP contribution in [0, 0.1) is 6.92 Å². The van der Waals surface area contributed by atoms with Gasteiger partial charge in [0.2, 0.25) is 10.0 Å². The predicted octanol–water partition coefficient (Wildman–Crippen LogP) is 2.87. The molecule has 126 valence electrons. The molecule has 0 bridgehead atoms. The van der Waals surface area contributed by atoms with E-state index >= 15 is 0 Å². The van der Waals surface area contributed by atoms with Gasteiger partial charge in [0.15, 0.2) is 0 Å². The Balaban J connectivity index is 2.07. The molecule has 3 rings (SSSR count). The molecule has 24 heavy (non-hydrogen) atoms. The van der Waals surface area contributed by atoms with E-state index in [0.717, 1.165) is 22.4 Å². The zero-order chi connectivity index (χ0) is 17.3. The first-order chi connectivity index (χ1) is 11.4. The molecule has 0 aromatic heterocycles. The number of sulfonamides is 1. The fraction of sp³-hybridized carbons (Fsp3) is 0.222. The number of ether oxygens (including phenoxy) is 1. The minimum atomic E-state index is -3.46. The van der Waals surface area contributed by atoms with Crippen LogP contribution in [0.4, 0.5) is 0 Å². The van der Waals surface area contributed by atoms with Crippen LogP contribution < -0.4 is 10.2 Å². The molecule has 0 radical (unpaired) electrons. The second-order valence-corrected chi connectivity index (χ2v) is 7.66. The Bertz CT molecular complexity index is 873. The summed E-state index contributed by atoms with van der Waals surface area (Å²) in [6, 6.07) is 14.9. The SMILES string of the molecule is COc1ccccc1C1C=C(c2ccc(C)cc2)NN1S(C)(=O)=O. The standard InChI is InChI=1S/C18H20N2O3S/c1-13-8-10-14(11-9-13)16-12-17(20(19-16)24(3,21)22)15-6-4-5-7-18(15)23-2/h4-12,17,19H,1-3H3. The number of methoxy groups -OCH3 is 1. The number of hydrogen-bond acceptors (Lipinski definition) is 4. The van der Waals surface area contributed by atoms with Gasteiger partial charge in [0.05, 0.1) is 25.1 Å². The summed E-state index contributed by atoms with van der Waals surface area (Å²) in [5.74, 6) is 0.652. The molecular weight excluding hydrogens is 324 g/mol. The highest BCUT2D eigenvalue weighted by Crippen LogP contribution is 2.37. The van der Waals surface area contributed by atoms with Crippen molar-refractivity contribution in [2.75, 3.05) is 13.4 Å². The Morgan fingerprint density at radius 1 is 1.08 bits per heavy atom. The molecule has 0 aliphatic carbocycles. The number of hydrogen-bond donors (Lipinski definition) is 1. The third kappa shape index (κ3) is 3.16. The number of nitrogens with zero attached hydrogens (tertiary/aromatic N) is 1. The van der Waals surface area contributed by atoms with Crippen molar-refractivity contribution >= 4 is 15.7 Å². The Hall–Kier alpha value is -2.31. The Morgan fingerprint density at radius 2 is 1.75 bits per heavy atom. The second-order valence-electron chi connectivity index (χ2n) is 5.80. The highest BCUT2D eigenvalue weighted by atomic mass is 32.2. The number of nitrogens with one attached hydrogen (secondary N) is 1. The summed E-state index contributed by atoms with van der Waals surface area (Å²) in [5.41, 5.74) is 6.66. The van der Waals surface area contributed by atoms with E-state index in [0.29, 0.717) is 5.75 Å². The van der Waals surface area contributed by atoms with E-state index in [4.69, 9.17) is 4.74 Å². The Morgan fingerprint density at radius 3 is 2.38 bits per heavy atom. The average Bonchev–Trinajstić information content (AvgIpc) is 3.01. The smallest absolute Gasteiger partial charge is 0.228 e. The van der Waals surface area contributed by atoms with Gasteiger partial charge in [-0.25, -0.2) is 8.42 Å². The highest BCUT2D eigenvalue weighted by molar-refractivity contribution is 7.88. The number of para-hydroxylation sites is 1. The number of hydrazine groups is 1. The third-order valence-electron chi connectivity index (χ3n) is 3.99. The van der Waals surface area contributed by atoms with Gasteiger partial charge in [-0.3, -0.25) is 0 Å². The molecule has 5 nitrogen and oxygen atoms in total. The first kappa shape index (κ1) is 16.5. The zero-order valence-electron chi connectivity index (χ0n) is 13.9. The molecule has 0 saturated carbocycles. The molecule has 1 unspecified atom stereocenters. The van der Waals surface area contributed by atoms with E-state index in [9.17, 15) is 8.42 Å². The molecule has 2 aromatic rings. The van der Waals surface area contributed by atoms with Gasteiger partial charge in [-0.05, 0) is 24.6 Å². The van der Waals surface area contributed by atoms with Crippen LogP contribution in [0.1, 0.15) is 22.7 Å². The number of benzene rings is 2. The van der Waals surface area contributed by atoms with E-state index in [1.165, 1.54) is 10.7 Å². The fourth-order valence-electron chi connectivity index (χ4n) is 2.76. The van der Waals surface area contributed by atoms with E-state index in [-0.39, 0.29) is 0 Å². The molecule has 0 saturated heterocycles. The van der Waals surface area contributed by atoms with Gasteiger partial charge in [0.1, 0.15) is 5.75 Å². The quantitative estimate of drug-likeness (QED) is 0.926. The molecule has 0 amide bonds. The summed E-state index contributed by atoms with van der Waals surface area (Å²) < 4.78 is 31.1. The number of rotatable bonds is 4. The molecule has 1 aliphatic rings. The Kier molecular flexibility index (Phi) is 4.34. The molecular formula is C18H20N2O3S. The van der Waals surface area contributed by atoms with Crippen LogP contribution in [0.15, 0.2) is 54.6 Å². The van der Waals surface area contributed by atoms with Gasteiger partial charge >= 0.3 is 0 Å². The lowest BCUT2D eigenvalue weighted by atomic mass is 10.0. The predicted molar refractivity (Wildman–Crippen MR) is 94.7 cm³/mol. The van der Waals surface area contributed by atoms with Crippen molar-refractivity contribution < 1.29 is 13.2 Å². The Labute approximate surface area is 142 Å². The van der Waals surface area contributed by atoms with Gasteiger partial charge in [0.25, 0.3) is 0 Å². The van der Waals surface area contributed by atoms with Crippen LogP contribution in [0.3, 0.4) is 0 Å². The lowest BCUT2D eigenvalue weighted by Crippen LogP contribution is -2.38. The van der Waals surface area contributed by atoms with Crippen molar-refractivity contribution in [1.82, 2.24) is 9.84 Å². The molecule has 1 N–H and O–H groups in total. The molecule has 0 fully saturated rings. The molecule has 6 heteroatoms. The number of aryl methyl sites for hydroxylation is 1. The van der Waals surface area contributed by atoms with Crippen molar-refractivity contribution in [3.63, 3.8) is 0 Å². The minimum Gasteiger partial charge on any atom is -0.496 e. The van der Waals surface area contributed by atoms with Crippen molar-refractivity contribution in [3.8, 4) is 5.75 Å². The second kappa shape index (κ2) is 6.30. The van der Waals surface area contributed by atoms with Crippen molar-refractivity contribution in [2.24, 2.45) is 0 Å². The summed E-state index contributed by atoms with van der Waals surface area (Å²) >= 11 is 0. The van der Waals surface area contributed by atoms with Crippen LogP contribution >= 0.6 is 0 Å². The minimum absolute atomic E-state index is 0.465. The third-order valence-corrected chi connectivity index (χ3v) is 5.02. The van der Waals surface area contributed by atoms with Crippen LogP contribution in [-0.2, 0) is 10.0 Å². The molecule has 0 spiro atoms. The largest absolute Gasteiger partial charge is 0.496 e. The van der Waals surface area contributed by atoms with Gasteiger partial charge in [0, 0.05) is 5.56 Å². The van der Waals surface area contributed by atoms with Crippen molar-refractivity contribution in [2.45, 2.75) is 13.0 Å². The van der Waals surface area contributed by atoms with E-state index in [1.54, 1.807) is 7.11 Å². The highest BCUT2D eigenvalue weighted by Gasteiger charge is 2.34. The molecule has 1 aliphatic heterocycles. The van der Waals surface area contributed by atoms with Crippen LogP contribution in [0.25, 0.3) is 5.70 Å². The summed E-state index contributed by atoms with van der Waals surface area (Å²) in [5, 5.41) is 0. The molecule has 1 heterocycles. The maximum Gasteiger partial charge on any atom is 0.228 e. The van der Waals surface area contributed by atoms with Gasteiger partial charge < -0.3 is 10.2 Å². The summed E-state index contributed by atoms with van der Waals surface area (Å²) in [6.07, 6.45) is 3.10. The lowest BCUT2D eigenvalue weighted by molar-refractivity contribution is 0.337. The first-order valence-electron chi connectivity index (χ1n) is 7.58. The van der Waals surface area contributed by atoms with Crippen LogP contribution in [0.5, 0.6) is 5.75 Å². The summed E-state index contributed by atoms with van der Waals surface area (Å²) in [4.78, 5) is 0. The van der Waals surface area contributed by atoms with Gasteiger partial charge in [-0.15, -0.1) is 4.41 Å². The van der Waals surface area contributed by atoms with E-state index in [1.807, 2.05) is 61.5 Å². The van der Waals surface area contributed by atoms with E-state index < -0.39 is 16.1 Å². The zero-order valence-corrected chi connectivity index (χ0v) is 14.7. The van der Waals surface area contributed by atoms with Crippen molar-refractivity contribution in [1.29, 1.82) is 0 Å².